The standard InChI is InChI=1S/C6H12N2O2/c9-5-3-7-1-2-8-4-6-10/h7-10H,3-6H2. The molecule has 0 aliphatic rings. The van der Waals surface area contributed by atoms with Gasteiger partial charge in [0.2, 0.25) is 0 Å². The summed E-state index contributed by atoms with van der Waals surface area (Å²) in [6.07, 6.45) is 0. The lowest BCUT2D eigenvalue weighted by molar-refractivity contribution is 0.298. The van der Waals surface area contributed by atoms with Gasteiger partial charge in [-0.2, -0.15) is 0 Å². The number of hydrogen-bond donors (Lipinski definition) is 4. The third-order valence-corrected chi connectivity index (χ3v) is 0.713. The van der Waals surface area contributed by atoms with Crippen LogP contribution in [0.3, 0.4) is 0 Å². The van der Waals surface area contributed by atoms with Gasteiger partial charge in [-0.1, -0.05) is 0 Å². The molecule has 10 heavy (non-hydrogen) atoms. The number of aliphatic hydroxyl groups excluding tert-OH is 2. The summed E-state index contributed by atoms with van der Waals surface area (Å²) < 4.78 is 0. The largest absolute Gasteiger partial charge is 0.395 e. The highest BCUT2D eigenvalue weighted by Gasteiger charge is 1.74. The van der Waals surface area contributed by atoms with Crippen molar-refractivity contribution in [3.05, 3.63) is 0 Å². The number of hydrogen-bond acceptors (Lipinski definition) is 4. The predicted octanol–water partition coefficient (Wildman–Crippen LogP) is -1.93. The van der Waals surface area contributed by atoms with E-state index in [0.717, 1.165) is 0 Å². The van der Waals surface area contributed by atoms with Crippen LogP contribution in [0.25, 0.3) is 0 Å². The number of aliphatic hydroxyl groups is 2. The Kier molecular flexibility index (Phi) is 7.34. The minimum atomic E-state index is 0.0781. The van der Waals surface area contributed by atoms with Crippen molar-refractivity contribution in [1.82, 2.24) is 10.6 Å². The lowest BCUT2D eigenvalue weighted by atomic mass is 10.7. The van der Waals surface area contributed by atoms with Gasteiger partial charge >= 0.3 is 0 Å². The fourth-order valence-corrected chi connectivity index (χ4v) is 0.325. The van der Waals surface area contributed by atoms with Crippen LogP contribution >= 0.6 is 0 Å². The van der Waals surface area contributed by atoms with Gasteiger partial charge < -0.3 is 20.8 Å². The van der Waals surface area contributed by atoms with Gasteiger partial charge in [0.25, 0.3) is 0 Å². The molecular weight excluding hydrogens is 132 g/mol. The molecule has 0 fully saturated rings. The molecule has 0 rings (SSSR count). The number of nitrogens with one attached hydrogen (secondary N) is 2. The van der Waals surface area contributed by atoms with Gasteiger partial charge in [-0.15, -0.1) is 0 Å². The number of rotatable bonds is 4. The zero-order chi connectivity index (χ0) is 7.66. The molecule has 0 aromatic heterocycles. The SMILES string of the molecule is OCCNC#CNCCO. The van der Waals surface area contributed by atoms with Crippen LogP contribution in [-0.4, -0.2) is 36.5 Å². The Morgan fingerprint density at radius 1 is 0.900 bits per heavy atom. The molecular formula is C6H12N2O2. The highest BCUT2D eigenvalue weighted by molar-refractivity contribution is 4.93. The van der Waals surface area contributed by atoms with Gasteiger partial charge in [0.1, 0.15) is 0 Å². The van der Waals surface area contributed by atoms with Gasteiger partial charge in [-0.3, -0.25) is 0 Å². The summed E-state index contributed by atoms with van der Waals surface area (Å²) >= 11 is 0. The summed E-state index contributed by atoms with van der Waals surface area (Å²) in [5.41, 5.74) is 0. The van der Waals surface area contributed by atoms with E-state index in [9.17, 15) is 0 Å². The van der Waals surface area contributed by atoms with Crippen LogP contribution in [0.4, 0.5) is 0 Å². The third-order valence-electron chi connectivity index (χ3n) is 0.713. The monoisotopic (exact) mass is 144 g/mol. The molecule has 0 aromatic carbocycles. The van der Waals surface area contributed by atoms with Crippen molar-refractivity contribution in [2.75, 3.05) is 26.3 Å². The Balaban J connectivity index is 2.98. The van der Waals surface area contributed by atoms with Crippen LogP contribution in [-0.2, 0) is 0 Å². The van der Waals surface area contributed by atoms with Crippen LogP contribution in [0.5, 0.6) is 0 Å². The summed E-state index contributed by atoms with van der Waals surface area (Å²) in [6, 6.07) is 5.08. The van der Waals surface area contributed by atoms with E-state index in [0.29, 0.717) is 13.1 Å². The van der Waals surface area contributed by atoms with E-state index in [2.05, 4.69) is 22.7 Å². The van der Waals surface area contributed by atoms with Crippen molar-refractivity contribution in [2.45, 2.75) is 0 Å². The van der Waals surface area contributed by atoms with Gasteiger partial charge in [0.15, 0.2) is 0 Å². The summed E-state index contributed by atoms with van der Waals surface area (Å²) in [7, 11) is 0. The van der Waals surface area contributed by atoms with E-state index in [4.69, 9.17) is 10.2 Å². The van der Waals surface area contributed by atoms with Crippen molar-refractivity contribution in [3.63, 3.8) is 0 Å². The fourth-order valence-electron chi connectivity index (χ4n) is 0.325. The van der Waals surface area contributed by atoms with Gasteiger partial charge in [0, 0.05) is 25.2 Å². The highest BCUT2D eigenvalue weighted by Crippen LogP contribution is 1.52. The van der Waals surface area contributed by atoms with Gasteiger partial charge in [0.05, 0.1) is 13.2 Å². The maximum absolute atomic E-state index is 8.28. The van der Waals surface area contributed by atoms with E-state index in [1.54, 1.807) is 0 Å². The minimum Gasteiger partial charge on any atom is -0.395 e. The topological polar surface area (TPSA) is 64.5 Å². The van der Waals surface area contributed by atoms with Crippen molar-refractivity contribution >= 4 is 0 Å². The molecule has 58 valence electrons. The van der Waals surface area contributed by atoms with E-state index in [-0.39, 0.29) is 13.2 Å². The third kappa shape index (κ3) is 7.08. The smallest absolute Gasteiger partial charge is 0.0611 e. The molecule has 0 saturated heterocycles. The molecule has 4 N–H and O–H groups in total. The predicted molar refractivity (Wildman–Crippen MR) is 38.0 cm³/mol. The Hall–Kier alpha value is -0.920. The molecule has 0 aliphatic carbocycles. The van der Waals surface area contributed by atoms with Crippen molar-refractivity contribution in [1.29, 1.82) is 0 Å². The second kappa shape index (κ2) is 8.08. The van der Waals surface area contributed by atoms with Crippen LogP contribution in [0, 0.1) is 12.1 Å². The zero-order valence-electron chi connectivity index (χ0n) is 5.72. The Morgan fingerprint density at radius 2 is 1.30 bits per heavy atom. The molecule has 0 atom stereocenters. The summed E-state index contributed by atoms with van der Waals surface area (Å²) in [4.78, 5) is 0. The zero-order valence-corrected chi connectivity index (χ0v) is 5.72. The van der Waals surface area contributed by atoms with Crippen molar-refractivity contribution in [3.8, 4) is 12.1 Å². The lowest BCUT2D eigenvalue weighted by Crippen LogP contribution is -2.15. The molecule has 0 aliphatic heterocycles. The first-order valence-electron chi connectivity index (χ1n) is 3.09. The molecule has 0 radical (unpaired) electrons. The van der Waals surface area contributed by atoms with Crippen LogP contribution in [0.2, 0.25) is 0 Å². The van der Waals surface area contributed by atoms with E-state index in [1.807, 2.05) is 0 Å². The quantitative estimate of drug-likeness (QED) is 0.211. The molecule has 4 nitrogen and oxygen atoms in total. The fraction of sp³-hybridized carbons (Fsp3) is 0.667. The average Bonchev–Trinajstić information content (AvgIpc) is 1.97. The molecule has 0 bridgehead atoms. The molecule has 0 saturated carbocycles. The second-order valence-electron chi connectivity index (χ2n) is 1.55. The average molecular weight is 144 g/mol. The normalized spacial score (nSPS) is 7.80. The van der Waals surface area contributed by atoms with Crippen molar-refractivity contribution < 1.29 is 10.2 Å². The summed E-state index contributed by atoms with van der Waals surface area (Å²) in [5.74, 6) is 0. The van der Waals surface area contributed by atoms with E-state index >= 15 is 0 Å². The first-order chi connectivity index (χ1) is 4.91. The van der Waals surface area contributed by atoms with Gasteiger partial charge in [-0.05, 0) is 0 Å². The Morgan fingerprint density at radius 3 is 1.60 bits per heavy atom. The maximum Gasteiger partial charge on any atom is 0.0611 e. The first-order valence-corrected chi connectivity index (χ1v) is 3.09. The van der Waals surface area contributed by atoms with Crippen LogP contribution in [0.1, 0.15) is 0 Å². The Bertz CT molecular complexity index is 105. The van der Waals surface area contributed by atoms with E-state index in [1.165, 1.54) is 0 Å². The first kappa shape index (κ1) is 9.08. The second-order valence-corrected chi connectivity index (χ2v) is 1.55. The molecule has 0 unspecified atom stereocenters. The minimum absolute atomic E-state index is 0.0781. The summed E-state index contributed by atoms with van der Waals surface area (Å²) in [5, 5.41) is 21.8. The molecule has 0 amide bonds. The maximum atomic E-state index is 8.28. The highest BCUT2D eigenvalue weighted by atomic mass is 16.3. The molecule has 4 heteroatoms. The lowest BCUT2D eigenvalue weighted by Gasteiger charge is -1.91. The Labute approximate surface area is 60.3 Å². The van der Waals surface area contributed by atoms with Crippen LogP contribution < -0.4 is 10.6 Å². The van der Waals surface area contributed by atoms with Crippen LogP contribution in [0.15, 0.2) is 0 Å². The molecule has 0 aromatic rings. The van der Waals surface area contributed by atoms with Crippen molar-refractivity contribution in [2.24, 2.45) is 0 Å². The summed E-state index contributed by atoms with van der Waals surface area (Å²) in [6.45, 7) is 1.09. The van der Waals surface area contributed by atoms with Gasteiger partial charge in [-0.25, -0.2) is 0 Å². The van der Waals surface area contributed by atoms with E-state index < -0.39 is 0 Å². The molecule has 0 spiro atoms. The molecule has 0 heterocycles.